The lowest BCUT2D eigenvalue weighted by Gasteiger charge is -2.10. The zero-order valence-corrected chi connectivity index (χ0v) is 13.9. The lowest BCUT2D eigenvalue weighted by Crippen LogP contribution is -2.32. The summed E-state index contributed by atoms with van der Waals surface area (Å²) in [6, 6.07) is 15.7. The second-order valence-corrected chi connectivity index (χ2v) is 5.76. The van der Waals surface area contributed by atoms with Crippen LogP contribution in [-0.2, 0) is 17.9 Å². The first kappa shape index (κ1) is 17.2. The molecule has 0 spiro atoms. The van der Waals surface area contributed by atoms with Crippen molar-refractivity contribution in [2.45, 2.75) is 19.5 Å². The fraction of sp³-hybridized carbons (Fsp3) is 0.158. The third-order valence-electron chi connectivity index (χ3n) is 4.04. The van der Waals surface area contributed by atoms with Crippen LogP contribution in [0, 0.1) is 11.3 Å². The van der Waals surface area contributed by atoms with Gasteiger partial charge in [0.05, 0.1) is 22.5 Å². The number of aromatic nitrogens is 2. The van der Waals surface area contributed by atoms with Crippen molar-refractivity contribution >= 4 is 16.8 Å². The van der Waals surface area contributed by atoms with Gasteiger partial charge in [0.1, 0.15) is 0 Å². The van der Waals surface area contributed by atoms with Gasteiger partial charge < -0.3 is 5.32 Å². The molecule has 0 saturated carbocycles. The van der Waals surface area contributed by atoms with Gasteiger partial charge in [-0.15, -0.1) is 0 Å². The van der Waals surface area contributed by atoms with Crippen molar-refractivity contribution in [1.82, 2.24) is 14.9 Å². The van der Waals surface area contributed by atoms with Crippen LogP contribution in [0.25, 0.3) is 10.9 Å². The Morgan fingerprint density at radius 2 is 1.85 bits per heavy atom. The molecule has 1 aromatic heterocycles. The second kappa shape index (κ2) is 7.49. The maximum atomic E-state index is 12.1. The highest BCUT2D eigenvalue weighted by atomic mass is 16.2. The number of carbonyl (C=O) groups is 1. The monoisotopic (exact) mass is 348 g/mol. The van der Waals surface area contributed by atoms with E-state index in [2.05, 4.69) is 10.3 Å². The molecule has 0 fully saturated rings. The Balaban J connectivity index is 1.66. The number of amides is 1. The van der Waals surface area contributed by atoms with Crippen LogP contribution in [-0.4, -0.2) is 15.5 Å². The first-order valence-electron chi connectivity index (χ1n) is 8.06. The van der Waals surface area contributed by atoms with E-state index in [0.717, 1.165) is 5.56 Å². The number of hydrogen-bond donors (Lipinski definition) is 2. The van der Waals surface area contributed by atoms with Crippen LogP contribution in [0.3, 0.4) is 0 Å². The number of carbonyl (C=O) groups excluding carboxylic acids is 1. The number of aryl methyl sites for hydroxylation is 1. The summed E-state index contributed by atoms with van der Waals surface area (Å²) in [5.41, 5.74) is 0.968. The van der Waals surface area contributed by atoms with Crippen molar-refractivity contribution in [2.75, 3.05) is 0 Å². The molecule has 0 aliphatic rings. The van der Waals surface area contributed by atoms with E-state index in [4.69, 9.17) is 5.26 Å². The lowest BCUT2D eigenvalue weighted by molar-refractivity contribution is -0.121. The number of aromatic amines is 1. The Hall–Kier alpha value is -3.66. The molecule has 0 unspecified atom stereocenters. The summed E-state index contributed by atoms with van der Waals surface area (Å²) in [5, 5.41) is 12.0. The molecule has 1 amide bonds. The van der Waals surface area contributed by atoms with Gasteiger partial charge in [0.15, 0.2) is 0 Å². The summed E-state index contributed by atoms with van der Waals surface area (Å²) in [7, 11) is 0. The molecule has 0 atom stereocenters. The van der Waals surface area contributed by atoms with Gasteiger partial charge in [-0.1, -0.05) is 24.3 Å². The number of fused-ring (bicyclic) bond motifs is 1. The average molecular weight is 348 g/mol. The molecule has 0 radical (unpaired) electrons. The van der Waals surface area contributed by atoms with Gasteiger partial charge in [-0.2, -0.15) is 5.26 Å². The highest BCUT2D eigenvalue weighted by Crippen LogP contribution is 2.07. The van der Waals surface area contributed by atoms with E-state index < -0.39 is 11.2 Å². The zero-order chi connectivity index (χ0) is 18.5. The topological polar surface area (TPSA) is 108 Å². The molecule has 7 heteroatoms. The Morgan fingerprint density at radius 1 is 1.12 bits per heavy atom. The quantitative estimate of drug-likeness (QED) is 0.724. The van der Waals surface area contributed by atoms with Crippen molar-refractivity contribution in [2.24, 2.45) is 0 Å². The van der Waals surface area contributed by atoms with E-state index in [1.165, 1.54) is 4.57 Å². The number of nitriles is 1. The number of benzene rings is 2. The first-order chi connectivity index (χ1) is 12.6. The van der Waals surface area contributed by atoms with E-state index in [-0.39, 0.29) is 18.9 Å². The van der Waals surface area contributed by atoms with Gasteiger partial charge in [0.2, 0.25) is 5.91 Å². The van der Waals surface area contributed by atoms with Crippen LogP contribution in [0.1, 0.15) is 17.5 Å². The SMILES string of the molecule is N#Cc1ccc(CNC(=O)CCn2c(=O)[nH]c(=O)c3ccccc32)cc1. The van der Waals surface area contributed by atoms with E-state index in [1.54, 1.807) is 48.5 Å². The molecule has 3 aromatic rings. The maximum Gasteiger partial charge on any atom is 0.328 e. The number of H-pyrrole nitrogens is 1. The highest BCUT2D eigenvalue weighted by Gasteiger charge is 2.09. The van der Waals surface area contributed by atoms with Crippen LogP contribution in [0.2, 0.25) is 0 Å². The summed E-state index contributed by atoms with van der Waals surface area (Å²) >= 11 is 0. The first-order valence-corrected chi connectivity index (χ1v) is 8.06. The van der Waals surface area contributed by atoms with Crippen molar-refractivity contribution in [1.29, 1.82) is 5.26 Å². The van der Waals surface area contributed by atoms with Crippen molar-refractivity contribution in [3.8, 4) is 6.07 Å². The van der Waals surface area contributed by atoms with Gasteiger partial charge in [-0.25, -0.2) is 4.79 Å². The van der Waals surface area contributed by atoms with E-state index in [1.807, 2.05) is 6.07 Å². The van der Waals surface area contributed by atoms with Crippen LogP contribution in [0.5, 0.6) is 0 Å². The van der Waals surface area contributed by atoms with E-state index >= 15 is 0 Å². The third-order valence-corrected chi connectivity index (χ3v) is 4.04. The number of nitrogens with zero attached hydrogens (tertiary/aromatic N) is 2. The smallest absolute Gasteiger partial charge is 0.328 e. The van der Waals surface area contributed by atoms with Crippen LogP contribution >= 0.6 is 0 Å². The third kappa shape index (κ3) is 3.70. The molecule has 0 aliphatic carbocycles. The number of nitrogens with one attached hydrogen (secondary N) is 2. The van der Waals surface area contributed by atoms with Gasteiger partial charge in [0.25, 0.3) is 5.56 Å². The predicted octanol–water partition coefficient (Wildman–Crippen LogP) is 1.27. The largest absolute Gasteiger partial charge is 0.352 e. The fourth-order valence-corrected chi connectivity index (χ4v) is 2.66. The minimum absolute atomic E-state index is 0.103. The Labute approximate surface area is 148 Å². The molecule has 26 heavy (non-hydrogen) atoms. The fourth-order valence-electron chi connectivity index (χ4n) is 2.66. The molecule has 7 nitrogen and oxygen atoms in total. The number of rotatable bonds is 5. The molecule has 2 aromatic carbocycles. The number of hydrogen-bond acceptors (Lipinski definition) is 4. The highest BCUT2D eigenvalue weighted by molar-refractivity contribution is 5.78. The summed E-state index contributed by atoms with van der Waals surface area (Å²) in [6.45, 7) is 0.501. The molecule has 1 heterocycles. The van der Waals surface area contributed by atoms with Crippen molar-refractivity contribution < 1.29 is 4.79 Å². The normalized spacial score (nSPS) is 10.4. The summed E-state index contributed by atoms with van der Waals surface area (Å²) < 4.78 is 1.39. The van der Waals surface area contributed by atoms with E-state index in [9.17, 15) is 14.4 Å². The Morgan fingerprint density at radius 3 is 2.58 bits per heavy atom. The molecule has 130 valence electrons. The molecule has 0 saturated heterocycles. The molecule has 0 bridgehead atoms. The molecule has 2 N–H and O–H groups in total. The summed E-state index contributed by atoms with van der Waals surface area (Å²) in [4.78, 5) is 38.2. The van der Waals surface area contributed by atoms with Crippen molar-refractivity contribution in [3.63, 3.8) is 0 Å². The predicted molar refractivity (Wildman–Crippen MR) is 96.4 cm³/mol. The molecule has 3 rings (SSSR count). The number of para-hydroxylation sites is 1. The Kier molecular flexibility index (Phi) is 4.94. The van der Waals surface area contributed by atoms with Gasteiger partial charge in [0, 0.05) is 19.5 Å². The van der Waals surface area contributed by atoms with Crippen molar-refractivity contribution in [3.05, 3.63) is 80.5 Å². The minimum Gasteiger partial charge on any atom is -0.352 e. The summed E-state index contributed by atoms with van der Waals surface area (Å²) in [5.74, 6) is -0.212. The molecular weight excluding hydrogens is 332 g/mol. The van der Waals surface area contributed by atoms with Crippen LogP contribution in [0.15, 0.2) is 58.1 Å². The second-order valence-electron chi connectivity index (χ2n) is 5.76. The minimum atomic E-state index is -0.534. The van der Waals surface area contributed by atoms with Gasteiger partial charge >= 0.3 is 5.69 Å². The summed E-state index contributed by atoms with van der Waals surface area (Å²) in [6.07, 6.45) is 0.103. The molecular formula is C19H16N4O3. The molecule has 0 aliphatic heterocycles. The van der Waals surface area contributed by atoms with Crippen LogP contribution in [0.4, 0.5) is 0 Å². The zero-order valence-electron chi connectivity index (χ0n) is 13.9. The van der Waals surface area contributed by atoms with Gasteiger partial charge in [-0.05, 0) is 29.8 Å². The Bertz CT molecular complexity index is 1100. The lowest BCUT2D eigenvalue weighted by atomic mass is 10.1. The van der Waals surface area contributed by atoms with Crippen LogP contribution < -0.4 is 16.6 Å². The van der Waals surface area contributed by atoms with E-state index in [0.29, 0.717) is 23.0 Å². The maximum absolute atomic E-state index is 12.1. The average Bonchev–Trinajstić information content (AvgIpc) is 2.66. The van der Waals surface area contributed by atoms with Gasteiger partial charge in [-0.3, -0.25) is 19.1 Å². The standard InChI is InChI=1S/C19H16N4O3/c20-11-13-5-7-14(8-6-13)12-21-17(24)9-10-23-16-4-2-1-3-15(16)18(25)22-19(23)26/h1-8H,9-10,12H2,(H,21,24)(H,22,25,26).